The van der Waals surface area contributed by atoms with E-state index >= 15 is 0 Å². The summed E-state index contributed by atoms with van der Waals surface area (Å²) in [7, 11) is 0. The summed E-state index contributed by atoms with van der Waals surface area (Å²) in [6, 6.07) is 13.8. The normalized spacial score (nSPS) is 12.1. The number of nitrogens with zero attached hydrogens (tertiary/aromatic N) is 1. The molecule has 158 valence electrons. The molecule has 2 aromatic carbocycles. The number of rotatable bonds is 6. The van der Waals surface area contributed by atoms with Gasteiger partial charge in [-0.3, -0.25) is 9.59 Å². The maximum absolute atomic E-state index is 13.5. The highest BCUT2D eigenvalue weighted by molar-refractivity contribution is 6.01. The molecule has 0 bridgehead atoms. The number of nitrogens with one attached hydrogen (secondary N) is 3. The first-order chi connectivity index (χ1) is 14.9. The number of hydrogen-bond donors (Lipinski definition) is 3. The van der Waals surface area contributed by atoms with Crippen LogP contribution in [0.2, 0.25) is 0 Å². The van der Waals surface area contributed by atoms with Gasteiger partial charge in [0.1, 0.15) is 17.7 Å². The number of anilines is 1. The van der Waals surface area contributed by atoms with Gasteiger partial charge in [-0.1, -0.05) is 26.0 Å². The van der Waals surface area contributed by atoms with Crippen molar-refractivity contribution in [3.8, 4) is 11.4 Å². The topological polar surface area (TPSA) is 100 Å². The van der Waals surface area contributed by atoms with E-state index in [9.17, 15) is 14.0 Å². The first kappa shape index (κ1) is 20.3. The molecule has 3 N–H and O–H groups in total. The highest BCUT2D eigenvalue weighted by Gasteiger charge is 2.25. The molecule has 0 saturated heterocycles. The fourth-order valence-corrected chi connectivity index (χ4v) is 3.23. The zero-order valence-corrected chi connectivity index (χ0v) is 17.0. The molecule has 0 spiro atoms. The molecular weight excluding hydrogens is 399 g/mol. The van der Waals surface area contributed by atoms with Crippen molar-refractivity contribution in [1.82, 2.24) is 15.3 Å². The molecule has 0 aliphatic heterocycles. The minimum atomic E-state index is -0.752. The molecule has 0 fully saturated rings. The lowest BCUT2D eigenvalue weighted by Crippen LogP contribution is -2.47. The summed E-state index contributed by atoms with van der Waals surface area (Å²) in [5.41, 5.74) is 2.55. The molecule has 1 unspecified atom stereocenters. The van der Waals surface area contributed by atoms with Crippen molar-refractivity contribution in [1.29, 1.82) is 0 Å². The van der Waals surface area contributed by atoms with Crippen molar-refractivity contribution in [3.05, 3.63) is 72.4 Å². The molecule has 2 aromatic heterocycles. The van der Waals surface area contributed by atoms with Crippen molar-refractivity contribution in [2.24, 2.45) is 5.92 Å². The Morgan fingerprint density at radius 3 is 2.65 bits per heavy atom. The first-order valence-electron chi connectivity index (χ1n) is 9.81. The van der Waals surface area contributed by atoms with Crippen LogP contribution in [0.3, 0.4) is 0 Å². The van der Waals surface area contributed by atoms with Crippen LogP contribution in [0.25, 0.3) is 22.4 Å². The number of aromatic nitrogens is 2. The van der Waals surface area contributed by atoms with Gasteiger partial charge >= 0.3 is 0 Å². The van der Waals surface area contributed by atoms with Crippen LogP contribution in [-0.4, -0.2) is 27.8 Å². The second kappa shape index (κ2) is 8.43. The molecule has 4 rings (SSSR count). The minimum Gasteiger partial charge on any atom is -0.459 e. The zero-order chi connectivity index (χ0) is 22.0. The van der Waals surface area contributed by atoms with Gasteiger partial charge < -0.3 is 20.0 Å². The third kappa shape index (κ3) is 4.48. The first-order valence-corrected chi connectivity index (χ1v) is 9.81. The number of benzene rings is 2. The van der Waals surface area contributed by atoms with E-state index in [1.807, 2.05) is 13.8 Å². The molecule has 1 atom stereocenters. The Kier molecular flexibility index (Phi) is 5.53. The van der Waals surface area contributed by atoms with E-state index in [0.717, 1.165) is 0 Å². The van der Waals surface area contributed by atoms with Crippen LogP contribution < -0.4 is 10.6 Å². The summed E-state index contributed by atoms with van der Waals surface area (Å²) in [6.45, 7) is 3.69. The minimum absolute atomic E-state index is 0.141. The predicted molar refractivity (Wildman–Crippen MR) is 115 cm³/mol. The van der Waals surface area contributed by atoms with Crippen LogP contribution in [0, 0.1) is 11.7 Å². The molecule has 0 aliphatic rings. The van der Waals surface area contributed by atoms with Crippen molar-refractivity contribution >= 4 is 28.5 Å². The Morgan fingerprint density at radius 1 is 1.10 bits per heavy atom. The van der Waals surface area contributed by atoms with Gasteiger partial charge in [0.2, 0.25) is 5.91 Å². The van der Waals surface area contributed by atoms with Crippen LogP contribution in [0.1, 0.15) is 24.4 Å². The van der Waals surface area contributed by atoms with Gasteiger partial charge in [0.15, 0.2) is 5.76 Å². The SMILES string of the molecule is CC(C)C(NC(=O)c1ccco1)C(=O)Nc1ccc2nc(-c3cccc(F)c3)[nH]c2c1. The number of hydrogen-bond acceptors (Lipinski definition) is 4. The van der Waals surface area contributed by atoms with Gasteiger partial charge in [-0.15, -0.1) is 0 Å². The van der Waals surface area contributed by atoms with E-state index in [1.54, 1.807) is 36.4 Å². The smallest absolute Gasteiger partial charge is 0.287 e. The highest BCUT2D eigenvalue weighted by atomic mass is 19.1. The molecule has 8 heteroatoms. The molecule has 2 heterocycles. The summed E-state index contributed by atoms with van der Waals surface area (Å²) in [4.78, 5) is 32.7. The molecule has 2 amide bonds. The number of aromatic amines is 1. The van der Waals surface area contributed by atoms with E-state index in [2.05, 4.69) is 20.6 Å². The number of fused-ring (bicyclic) bond motifs is 1. The number of imidazole rings is 1. The summed E-state index contributed by atoms with van der Waals surface area (Å²) < 4.78 is 18.6. The maximum Gasteiger partial charge on any atom is 0.287 e. The monoisotopic (exact) mass is 420 g/mol. The molecule has 7 nitrogen and oxygen atoms in total. The molecule has 0 radical (unpaired) electrons. The van der Waals surface area contributed by atoms with Crippen molar-refractivity contribution < 1.29 is 18.4 Å². The molecule has 0 saturated carbocycles. The molecule has 0 aliphatic carbocycles. The number of amides is 2. The summed E-state index contributed by atoms with van der Waals surface area (Å²) in [6.07, 6.45) is 1.40. The van der Waals surface area contributed by atoms with Gasteiger partial charge in [0, 0.05) is 11.3 Å². The number of carbonyl (C=O) groups is 2. The van der Waals surface area contributed by atoms with Gasteiger partial charge in [-0.25, -0.2) is 9.37 Å². The van der Waals surface area contributed by atoms with Crippen molar-refractivity contribution in [2.45, 2.75) is 19.9 Å². The van der Waals surface area contributed by atoms with Crippen LogP contribution >= 0.6 is 0 Å². The summed E-state index contributed by atoms with van der Waals surface area (Å²) >= 11 is 0. The van der Waals surface area contributed by atoms with E-state index < -0.39 is 11.9 Å². The lowest BCUT2D eigenvalue weighted by Gasteiger charge is -2.21. The van der Waals surface area contributed by atoms with Crippen LogP contribution in [-0.2, 0) is 4.79 Å². The molecular formula is C23H21FN4O3. The average Bonchev–Trinajstić information content (AvgIpc) is 3.41. The molecule has 4 aromatic rings. The Hall–Kier alpha value is -3.94. The zero-order valence-electron chi connectivity index (χ0n) is 17.0. The quantitative estimate of drug-likeness (QED) is 0.432. The second-order valence-electron chi connectivity index (χ2n) is 7.49. The fourth-order valence-electron chi connectivity index (χ4n) is 3.23. The van der Waals surface area contributed by atoms with Gasteiger partial charge in [0.05, 0.1) is 17.3 Å². The summed E-state index contributed by atoms with van der Waals surface area (Å²) in [5.74, 6) is -0.621. The maximum atomic E-state index is 13.5. The Morgan fingerprint density at radius 2 is 1.94 bits per heavy atom. The van der Waals surface area contributed by atoms with E-state index in [4.69, 9.17) is 4.42 Å². The number of H-pyrrole nitrogens is 1. The van der Waals surface area contributed by atoms with Gasteiger partial charge in [0.25, 0.3) is 5.91 Å². The number of halogens is 1. The standard InChI is InChI=1S/C23H21FN4O3/c1-13(2)20(28-22(29)19-7-4-10-31-19)23(30)25-16-8-9-17-18(12-16)27-21(26-17)14-5-3-6-15(24)11-14/h3-13,20H,1-2H3,(H,25,30)(H,26,27)(H,28,29). The number of carbonyl (C=O) groups excluding carboxylic acids is 2. The van der Waals surface area contributed by atoms with Crippen LogP contribution in [0.5, 0.6) is 0 Å². The van der Waals surface area contributed by atoms with Crippen LogP contribution in [0.15, 0.2) is 65.3 Å². The third-order valence-corrected chi connectivity index (χ3v) is 4.83. The Bertz CT molecular complexity index is 1230. The Labute approximate surface area is 177 Å². The lowest BCUT2D eigenvalue weighted by atomic mass is 10.0. The fraction of sp³-hybridized carbons (Fsp3) is 0.174. The predicted octanol–water partition coefficient (Wildman–Crippen LogP) is 4.36. The lowest BCUT2D eigenvalue weighted by molar-refractivity contribution is -0.118. The van der Waals surface area contributed by atoms with Crippen molar-refractivity contribution in [3.63, 3.8) is 0 Å². The largest absolute Gasteiger partial charge is 0.459 e. The molecule has 31 heavy (non-hydrogen) atoms. The summed E-state index contributed by atoms with van der Waals surface area (Å²) in [5, 5.41) is 5.54. The van der Waals surface area contributed by atoms with Crippen molar-refractivity contribution in [2.75, 3.05) is 5.32 Å². The average molecular weight is 420 g/mol. The van der Waals surface area contributed by atoms with E-state index in [-0.39, 0.29) is 23.4 Å². The highest BCUT2D eigenvalue weighted by Crippen LogP contribution is 2.23. The number of furan rings is 1. The van der Waals surface area contributed by atoms with Gasteiger partial charge in [-0.2, -0.15) is 0 Å². The van der Waals surface area contributed by atoms with E-state index in [1.165, 1.54) is 24.5 Å². The van der Waals surface area contributed by atoms with Gasteiger partial charge in [-0.05, 0) is 48.4 Å². The third-order valence-electron chi connectivity index (χ3n) is 4.83. The van der Waals surface area contributed by atoms with Crippen LogP contribution in [0.4, 0.5) is 10.1 Å². The second-order valence-corrected chi connectivity index (χ2v) is 7.49. The Balaban J connectivity index is 1.52. The van der Waals surface area contributed by atoms with E-state index in [0.29, 0.717) is 28.1 Å².